The Bertz CT molecular complexity index is 1130. The summed E-state index contributed by atoms with van der Waals surface area (Å²) in [5.41, 5.74) is 1.79. The third-order valence-electron chi connectivity index (χ3n) is 5.20. The molecule has 5 nitrogen and oxygen atoms in total. The third-order valence-corrected chi connectivity index (χ3v) is 6.40. The van der Waals surface area contributed by atoms with Crippen LogP contribution >= 0.6 is 11.3 Å². The zero-order valence-electron chi connectivity index (χ0n) is 14.9. The number of piperidine rings is 1. The molecule has 1 aliphatic rings. The molecule has 0 amide bonds. The Kier molecular flexibility index (Phi) is 4.22. The molecule has 0 saturated carbocycles. The first-order valence-corrected chi connectivity index (χ1v) is 10.1. The molecule has 0 aliphatic carbocycles. The van der Waals surface area contributed by atoms with E-state index in [2.05, 4.69) is 33.1 Å². The number of thiazole rings is 1. The number of benzene rings is 2. The Hall–Kier alpha value is -2.57. The van der Waals surface area contributed by atoms with E-state index in [4.69, 9.17) is 4.98 Å². The van der Waals surface area contributed by atoms with Gasteiger partial charge in [0.2, 0.25) is 0 Å². The van der Waals surface area contributed by atoms with E-state index < -0.39 is 0 Å². The maximum absolute atomic E-state index is 12.3. The predicted molar refractivity (Wildman–Crippen MR) is 109 cm³/mol. The standard InChI is InChI=1S/C21H20N4OS/c26-20-15-7-1-2-8-16(15)22-19(24-20)13-25-11-5-6-14(12-25)21-23-17-9-3-4-10-18(17)27-21/h1-4,7-10,14H,5-6,11-13H2,(H,22,24,26). The number of nitrogens with one attached hydrogen (secondary N) is 1. The van der Waals surface area contributed by atoms with Gasteiger partial charge in [-0.05, 0) is 43.7 Å². The van der Waals surface area contributed by atoms with Crippen LogP contribution in [0, 0.1) is 0 Å². The SMILES string of the molecule is O=c1[nH]c(CN2CCCC(c3nc4ccccc4s3)C2)nc2ccccc12. The van der Waals surface area contributed by atoms with Crippen LogP contribution in [0.3, 0.4) is 0 Å². The van der Waals surface area contributed by atoms with Gasteiger partial charge < -0.3 is 4.98 Å². The van der Waals surface area contributed by atoms with Gasteiger partial charge in [0.15, 0.2) is 0 Å². The van der Waals surface area contributed by atoms with Crippen LogP contribution in [0.2, 0.25) is 0 Å². The molecule has 1 atom stereocenters. The fourth-order valence-electron chi connectivity index (χ4n) is 3.89. The second-order valence-electron chi connectivity index (χ2n) is 7.12. The summed E-state index contributed by atoms with van der Waals surface area (Å²) in [6, 6.07) is 15.8. The summed E-state index contributed by atoms with van der Waals surface area (Å²) in [5.74, 6) is 1.19. The maximum atomic E-state index is 12.3. The first kappa shape index (κ1) is 16.6. The first-order chi connectivity index (χ1) is 13.3. The van der Waals surface area contributed by atoms with Gasteiger partial charge in [-0.3, -0.25) is 9.69 Å². The van der Waals surface area contributed by atoms with Gasteiger partial charge in [0.1, 0.15) is 5.82 Å². The molecule has 0 bridgehead atoms. The first-order valence-electron chi connectivity index (χ1n) is 9.32. The topological polar surface area (TPSA) is 61.9 Å². The Morgan fingerprint density at radius 1 is 1.07 bits per heavy atom. The van der Waals surface area contributed by atoms with Crippen LogP contribution in [-0.4, -0.2) is 32.9 Å². The molecule has 136 valence electrons. The number of likely N-dealkylation sites (tertiary alicyclic amines) is 1. The summed E-state index contributed by atoms with van der Waals surface area (Å²) in [4.78, 5) is 27.1. The van der Waals surface area contributed by atoms with Crippen LogP contribution in [0.1, 0.15) is 29.6 Å². The van der Waals surface area contributed by atoms with Crippen LogP contribution in [-0.2, 0) is 6.54 Å². The van der Waals surface area contributed by atoms with Crippen molar-refractivity contribution in [3.05, 3.63) is 69.7 Å². The van der Waals surface area contributed by atoms with Crippen molar-refractivity contribution in [1.82, 2.24) is 19.9 Å². The van der Waals surface area contributed by atoms with Crippen molar-refractivity contribution in [3.63, 3.8) is 0 Å². The zero-order valence-corrected chi connectivity index (χ0v) is 15.7. The van der Waals surface area contributed by atoms with E-state index >= 15 is 0 Å². The average molecular weight is 376 g/mol. The number of nitrogens with zero attached hydrogens (tertiary/aromatic N) is 3. The maximum Gasteiger partial charge on any atom is 0.258 e. The van der Waals surface area contributed by atoms with E-state index in [1.807, 2.05) is 30.3 Å². The molecular weight excluding hydrogens is 356 g/mol. The lowest BCUT2D eigenvalue weighted by molar-refractivity contribution is 0.196. The van der Waals surface area contributed by atoms with Crippen LogP contribution in [0.4, 0.5) is 0 Å². The molecule has 3 heterocycles. The summed E-state index contributed by atoms with van der Waals surface area (Å²) in [6.45, 7) is 2.65. The van der Waals surface area contributed by atoms with Gasteiger partial charge in [-0.1, -0.05) is 24.3 Å². The Labute approximate surface area is 160 Å². The number of para-hydroxylation sites is 2. The lowest BCUT2D eigenvalue weighted by Gasteiger charge is -2.31. The highest BCUT2D eigenvalue weighted by Crippen LogP contribution is 2.33. The average Bonchev–Trinajstić information content (AvgIpc) is 3.13. The third kappa shape index (κ3) is 3.26. The molecule has 1 unspecified atom stereocenters. The van der Waals surface area contributed by atoms with Gasteiger partial charge in [-0.2, -0.15) is 0 Å². The van der Waals surface area contributed by atoms with Gasteiger partial charge in [-0.25, -0.2) is 9.97 Å². The Morgan fingerprint density at radius 3 is 2.78 bits per heavy atom. The molecule has 1 N–H and O–H groups in total. The van der Waals surface area contributed by atoms with Gasteiger partial charge >= 0.3 is 0 Å². The summed E-state index contributed by atoms with van der Waals surface area (Å²) < 4.78 is 1.25. The van der Waals surface area contributed by atoms with Crippen molar-refractivity contribution in [2.24, 2.45) is 0 Å². The normalized spacial score (nSPS) is 18.3. The summed E-state index contributed by atoms with van der Waals surface area (Å²) in [7, 11) is 0. The van der Waals surface area contributed by atoms with Gasteiger partial charge in [0.05, 0.1) is 32.7 Å². The summed E-state index contributed by atoms with van der Waals surface area (Å²) in [5, 5.41) is 1.87. The molecular formula is C21H20N4OS. The minimum Gasteiger partial charge on any atom is -0.309 e. The number of hydrogen-bond acceptors (Lipinski definition) is 5. The van der Waals surface area contributed by atoms with Gasteiger partial charge in [0.25, 0.3) is 5.56 Å². The summed E-state index contributed by atoms with van der Waals surface area (Å²) >= 11 is 1.81. The molecule has 1 aliphatic heterocycles. The Balaban J connectivity index is 1.37. The number of hydrogen-bond donors (Lipinski definition) is 1. The van der Waals surface area contributed by atoms with Crippen LogP contribution in [0.5, 0.6) is 0 Å². The lowest BCUT2D eigenvalue weighted by Crippen LogP contribution is -2.35. The van der Waals surface area contributed by atoms with Crippen LogP contribution in [0.15, 0.2) is 53.3 Å². The van der Waals surface area contributed by atoms with Crippen molar-refractivity contribution >= 4 is 32.5 Å². The molecule has 4 aromatic rings. The van der Waals surface area contributed by atoms with Crippen molar-refractivity contribution in [2.75, 3.05) is 13.1 Å². The van der Waals surface area contributed by atoms with Crippen molar-refractivity contribution < 1.29 is 0 Å². The van der Waals surface area contributed by atoms with Crippen molar-refractivity contribution in [1.29, 1.82) is 0 Å². The smallest absolute Gasteiger partial charge is 0.258 e. The number of H-pyrrole nitrogens is 1. The molecule has 1 fully saturated rings. The van der Waals surface area contributed by atoms with E-state index in [1.165, 1.54) is 9.71 Å². The second kappa shape index (κ2) is 6.87. The highest BCUT2D eigenvalue weighted by atomic mass is 32.1. The highest BCUT2D eigenvalue weighted by Gasteiger charge is 2.24. The van der Waals surface area contributed by atoms with E-state index in [-0.39, 0.29) is 5.56 Å². The summed E-state index contributed by atoms with van der Waals surface area (Å²) in [6.07, 6.45) is 2.30. The second-order valence-corrected chi connectivity index (χ2v) is 8.19. The minimum atomic E-state index is -0.0599. The number of aromatic nitrogens is 3. The minimum absolute atomic E-state index is 0.0599. The largest absolute Gasteiger partial charge is 0.309 e. The van der Waals surface area contributed by atoms with Crippen molar-refractivity contribution in [2.45, 2.75) is 25.3 Å². The van der Waals surface area contributed by atoms with Crippen molar-refractivity contribution in [3.8, 4) is 0 Å². The van der Waals surface area contributed by atoms with E-state index in [1.54, 1.807) is 11.3 Å². The predicted octanol–water partition coefficient (Wildman–Crippen LogP) is 3.91. The van der Waals surface area contributed by atoms with E-state index in [0.717, 1.165) is 42.8 Å². The molecule has 6 heteroatoms. The molecule has 0 spiro atoms. The van der Waals surface area contributed by atoms with Crippen LogP contribution in [0.25, 0.3) is 21.1 Å². The molecule has 27 heavy (non-hydrogen) atoms. The highest BCUT2D eigenvalue weighted by molar-refractivity contribution is 7.18. The Morgan fingerprint density at radius 2 is 1.89 bits per heavy atom. The van der Waals surface area contributed by atoms with Crippen LogP contribution < -0.4 is 5.56 Å². The quantitative estimate of drug-likeness (QED) is 0.589. The monoisotopic (exact) mass is 376 g/mol. The molecule has 2 aromatic carbocycles. The van der Waals surface area contributed by atoms with Gasteiger partial charge in [0, 0.05) is 12.5 Å². The lowest BCUT2D eigenvalue weighted by atomic mass is 9.99. The molecule has 2 aromatic heterocycles. The zero-order chi connectivity index (χ0) is 18.2. The number of rotatable bonds is 3. The molecule has 0 radical (unpaired) electrons. The number of fused-ring (bicyclic) bond motifs is 2. The fraction of sp³-hybridized carbons (Fsp3) is 0.286. The van der Waals surface area contributed by atoms with Gasteiger partial charge in [-0.15, -0.1) is 11.3 Å². The van der Waals surface area contributed by atoms with E-state index in [9.17, 15) is 4.79 Å². The molecule has 5 rings (SSSR count). The fourth-order valence-corrected chi connectivity index (χ4v) is 4.98. The van der Waals surface area contributed by atoms with E-state index in [0.29, 0.717) is 17.8 Å². The molecule has 1 saturated heterocycles. The number of aromatic amines is 1.